The number of fused-ring (bicyclic) bond motifs is 1. The molecule has 0 aromatic heterocycles. The lowest BCUT2D eigenvalue weighted by molar-refractivity contribution is -0.145. The summed E-state index contributed by atoms with van der Waals surface area (Å²) in [4.78, 5) is 38.1. The predicted octanol–water partition coefficient (Wildman–Crippen LogP) is 4.30. The summed E-state index contributed by atoms with van der Waals surface area (Å²) < 4.78 is 10.8. The number of ketones is 1. The van der Waals surface area contributed by atoms with Crippen LogP contribution in [0.25, 0.3) is 0 Å². The molecular formula is C29H29NO5. The van der Waals surface area contributed by atoms with Crippen molar-refractivity contribution in [3.63, 3.8) is 0 Å². The van der Waals surface area contributed by atoms with Crippen molar-refractivity contribution in [1.29, 1.82) is 0 Å². The number of esters is 1. The quantitative estimate of drug-likeness (QED) is 0.471. The lowest BCUT2D eigenvalue weighted by Gasteiger charge is -2.24. The van der Waals surface area contributed by atoms with E-state index in [9.17, 15) is 14.4 Å². The summed E-state index contributed by atoms with van der Waals surface area (Å²) in [6.07, 6.45) is 1.62. The zero-order valence-corrected chi connectivity index (χ0v) is 19.7. The Kier molecular flexibility index (Phi) is 7.93. The topological polar surface area (TPSA) is 81.7 Å². The van der Waals surface area contributed by atoms with Crippen LogP contribution in [-0.4, -0.2) is 30.8 Å². The number of benzene rings is 3. The summed E-state index contributed by atoms with van der Waals surface area (Å²) in [7, 11) is 1.30. The highest BCUT2D eigenvalue weighted by Crippen LogP contribution is 2.30. The molecule has 35 heavy (non-hydrogen) atoms. The Morgan fingerprint density at radius 1 is 0.971 bits per heavy atom. The van der Waals surface area contributed by atoms with Crippen LogP contribution in [0.5, 0.6) is 5.75 Å². The van der Waals surface area contributed by atoms with Gasteiger partial charge in [-0.05, 0) is 47.7 Å². The van der Waals surface area contributed by atoms with Gasteiger partial charge in [-0.2, -0.15) is 0 Å². The van der Waals surface area contributed by atoms with E-state index in [0.29, 0.717) is 31.4 Å². The average molecular weight is 472 g/mol. The second-order valence-corrected chi connectivity index (χ2v) is 8.73. The smallest absolute Gasteiger partial charge is 0.328 e. The van der Waals surface area contributed by atoms with Crippen LogP contribution in [0.4, 0.5) is 0 Å². The van der Waals surface area contributed by atoms with Crippen LogP contribution in [0.3, 0.4) is 0 Å². The van der Waals surface area contributed by atoms with Gasteiger partial charge in [0.05, 0.1) is 7.11 Å². The van der Waals surface area contributed by atoms with Crippen molar-refractivity contribution in [3.05, 3.63) is 101 Å². The number of carbonyl (C=O) groups is 3. The number of Topliss-reactive ketones (excluding diaryl/α,β-unsaturated/α-hetero) is 1. The standard InChI is InChI=1S/C29H29NO5/c1-34-29(33)26(16-20-8-4-2-5-9-20)30-27(31)18-23-13-12-22-17-24(14-15-25(22)28(23)32)35-19-21-10-6-3-7-11-21/h2-11,14-15,17,23,26H,12-13,16,18-19H2,1H3,(H,30,31)/t23?,26-/m0/s1. The largest absolute Gasteiger partial charge is 0.489 e. The van der Waals surface area contributed by atoms with E-state index in [2.05, 4.69) is 5.32 Å². The fraction of sp³-hybridized carbons (Fsp3) is 0.276. The van der Waals surface area contributed by atoms with Crippen molar-refractivity contribution in [3.8, 4) is 5.75 Å². The third kappa shape index (κ3) is 6.35. The van der Waals surface area contributed by atoms with Crippen molar-refractivity contribution in [2.45, 2.75) is 38.3 Å². The lowest BCUT2D eigenvalue weighted by Crippen LogP contribution is -2.44. The minimum Gasteiger partial charge on any atom is -0.489 e. The van der Waals surface area contributed by atoms with E-state index < -0.39 is 17.9 Å². The van der Waals surface area contributed by atoms with E-state index in [4.69, 9.17) is 9.47 Å². The molecule has 0 saturated heterocycles. The first-order chi connectivity index (χ1) is 17.0. The summed E-state index contributed by atoms with van der Waals surface area (Å²) in [5.74, 6) is -0.591. The van der Waals surface area contributed by atoms with Gasteiger partial charge in [0.25, 0.3) is 0 Å². The molecule has 0 spiro atoms. The molecule has 1 amide bonds. The first-order valence-electron chi connectivity index (χ1n) is 11.8. The molecule has 0 bridgehead atoms. The van der Waals surface area contributed by atoms with Crippen molar-refractivity contribution < 1.29 is 23.9 Å². The van der Waals surface area contributed by atoms with Crippen LogP contribution in [0.2, 0.25) is 0 Å². The Morgan fingerprint density at radius 2 is 1.66 bits per heavy atom. The van der Waals surface area contributed by atoms with Gasteiger partial charge in [-0.1, -0.05) is 60.7 Å². The van der Waals surface area contributed by atoms with Crippen LogP contribution in [0, 0.1) is 5.92 Å². The maximum atomic E-state index is 13.1. The molecule has 6 nitrogen and oxygen atoms in total. The first-order valence-corrected chi connectivity index (χ1v) is 11.8. The molecule has 1 N–H and O–H groups in total. The van der Waals surface area contributed by atoms with Gasteiger partial charge in [-0.25, -0.2) is 4.79 Å². The first kappa shape index (κ1) is 24.2. The molecule has 4 rings (SSSR count). The highest BCUT2D eigenvalue weighted by atomic mass is 16.5. The van der Waals surface area contributed by atoms with Crippen molar-refractivity contribution >= 4 is 17.7 Å². The molecule has 1 aliphatic carbocycles. The fourth-order valence-corrected chi connectivity index (χ4v) is 4.39. The molecule has 1 unspecified atom stereocenters. The number of carbonyl (C=O) groups excluding carboxylic acids is 3. The molecule has 0 aliphatic heterocycles. The molecule has 0 saturated carbocycles. The van der Waals surface area contributed by atoms with E-state index in [-0.39, 0.29) is 18.1 Å². The van der Waals surface area contributed by atoms with Crippen molar-refractivity contribution in [2.75, 3.05) is 7.11 Å². The molecule has 0 radical (unpaired) electrons. The highest BCUT2D eigenvalue weighted by Gasteiger charge is 2.31. The van der Waals surface area contributed by atoms with Gasteiger partial charge < -0.3 is 14.8 Å². The molecule has 0 heterocycles. The van der Waals surface area contributed by atoms with Crippen LogP contribution in [0.1, 0.15) is 39.9 Å². The number of rotatable bonds is 9. The van der Waals surface area contributed by atoms with Gasteiger partial charge in [-0.3, -0.25) is 9.59 Å². The monoisotopic (exact) mass is 471 g/mol. The molecule has 0 fully saturated rings. The Hall–Kier alpha value is -3.93. The second-order valence-electron chi connectivity index (χ2n) is 8.73. The van der Waals surface area contributed by atoms with Crippen molar-refractivity contribution in [2.24, 2.45) is 5.92 Å². The Morgan fingerprint density at radius 3 is 2.34 bits per heavy atom. The van der Waals surface area contributed by atoms with Crippen LogP contribution >= 0.6 is 0 Å². The third-order valence-electron chi connectivity index (χ3n) is 6.26. The number of hydrogen-bond donors (Lipinski definition) is 1. The number of ether oxygens (including phenoxy) is 2. The van der Waals surface area contributed by atoms with Crippen LogP contribution in [0.15, 0.2) is 78.9 Å². The SMILES string of the molecule is COC(=O)[C@H](Cc1ccccc1)NC(=O)CC1CCc2cc(OCc3ccccc3)ccc2C1=O. The maximum absolute atomic E-state index is 13.1. The normalized spacial score (nSPS) is 15.6. The minimum atomic E-state index is -0.801. The van der Waals surface area contributed by atoms with Gasteiger partial charge in [-0.15, -0.1) is 0 Å². The van der Waals surface area contributed by atoms with Gasteiger partial charge in [0.15, 0.2) is 5.78 Å². The van der Waals surface area contributed by atoms with Crippen molar-refractivity contribution in [1.82, 2.24) is 5.32 Å². The number of nitrogens with one attached hydrogen (secondary N) is 1. The Bertz CT molecular complexity index is 1180. The van der Waals surface area contributed by atoms with E-state index >= 15 is 0 Å². The zero-order valence-electron chi connectivity index (χ0n) is 19.7. The minimum absolute atomic E-state index is 0.0345. The van der Waals surface area contributed by atoms with Gasteiger partial charge in [0.1, 0.15) is 18.4 Å². The average Bonchev–Trinajstić information content (AvgIpc) is 2.89. The third-order valence-corrected chi connectivity index (χ3v) is 6.26. The van der Waals surface area contributed by atoms with E-state index in [1.54, 1.807) is 12.1 Å². The van der Waals surface area contributed by atoms with E-state index in [1.165, 1.54) is 7.11 Å². The molecule has 2 atom stereocenters. The Balaban J connectivity index is 1.36. The molecule has 180 valence electrons. The molecule has 3 aromatic carbocycles. The maximum Gasteiger partial charge on any atom is 0.328 e. The number of hydrogen-bond acceptors (Lipinski definition) is 5. The summed E-state index contributed by atoms with van der Waals surface area (Å²) >= 11 is 0. The zero-order chi connectivity index (χ0) is 24.6. The molecule has 3 aromatic rings. The van der Waals surface area contributed by atoms with Crippen LogP contribution in [-0.2, 0) is 33.8 Å². The number of aryl methyl sites for hydroxylation is 1. The second kappa shape index (κ2) is 11.5. The lowest BCUT2D eigenvalue weighted by atomic mass is 9.81. The number of amides is 1. The predicted molar refractivity (Wildman–Crippen MR) is 132 cm³/mol. The Labute approximate surface area is 205 Å². The summed E-state index contributed by atoms with van der Waals surface area (Å²) in [5, 5.41) is 2.76. The van der Waals surface area contributed by atoms with Crippen LogP contribution < -0.4 is 10.1 Å². The number of methoxy groups -OCH3 is 1. The summed E-state index contributed by atoms with van der Waals surface area (Å²) in [6.45, 7) is 0.459. The molecular weight excluding hydrogens is 442 g/mol. The summed E-state index contributed by atoms with van der Waals surface area (Å²) in [6, 6.07) is 24.0. The molecule has 6 heteroatoms. The van der Waals surface area contributed by atoms with E-state index in [0.717, 1.165) is 22.4 Å². The van der Waals surface area contributed by atoms with Gasteiger partial charge in [0.2, 0.25) is 5.91 Å². The molecule has 1 aliphatic rings. The van der Waals surface area contributed by atoms with Gasteiger partial charge >= 0.3 is 5.97 Å². The van der Waals surface area contributed by atoms with E-state index in [1.807, 2.05) is 66.7 Å². The fourth-order valence-electron chi connectivity index (χ4n) is 4.39. The summed E-state index contributed by atoms with van der Waals surface area (Å²) in [5.41, 5.74) is 3.56. The highest BCUT2D eigenvalue weighted by molar-refractivity contribution is 6.02. The van der Waals surface area contributed by atoms with Gasteiger partial charge in [0, 0.05) is 24.3 Å².